The van der Waals surface area contributed by atoms with Gasteiger partial charge in [0.25, 0.3) is 0 Å². The molecular weight excluding hydrogens is 330 g/mol. The van der Waals surface area contributed by atoms with Crippen molar-refractivity contribution in [3.63, 3.8) is 0 Å². The minimum absolute atomic E-state index is 0.670. The highest BCUT2D eigenvalue weighted by atomic mass is 16.5. The zero-order chi connectivity index (χ0) is 18.1. The van der Waals surface area contributed by atoms with Crippen molar-refractivity contribution in [3.05, 3.63) is 60.2 Å². The Morgan fingerprint density at radius 2 is 1.92 bits per heavy atom. The smallest absolute Gasteiger partial charge is 0.177 e. The first-order chi connectivity index (χ1) is 12.7. The first-order valence-electron chi connectivity index (χ1n) is 8.25. The topological polar surface area (TPSA) is 62.3 Å². The molecule has 6 nitrogen and oxygen atoms in total. The van der Waals surface area contributed by atoms with Gasteiger partial charge in [-0.1, -0.05) is 6.07 Å². The van der Waals surface area contributed by atoms with Crippen molar-refractivity contribution in [2.75, 3.05) is 14.2 Å². The Bertz CT molecular complexity index is 1050. The van der Waals surface area contributed by atoms with Crippen molar-refractivity contribution in [3.8, 4) is 22.8 Å². The average molecular weight is 349 g/mol. The average Bonchev–Trinajstić information content (AvgIpc) is 3.31. The van der Waals surface area contributed by atoms with E-state index in [-0.39, 0.29) is 0 Å². The number of furan rings is 1. The number of methoxy groups -OCH3 is 2. The van der Waals surface area contributed by atoms with E-state index in [9.17, 15) is 0 Å². The van der Waals surface area contributed by atoms with Crippen LogP contribution in [-0.4, -0.2) is 28.8 Å². The molecule has 1 aromatic carbocycles. The summed E-state index contributed by atoms with van der Waals surface area (Å²) < 4.78 is 18.2. The summed E-state index contributed by atoms with van der Waals surface area (Å²) in [5.74, 6) is 3.14. The number of hydrogen-bond acceptors (Lipinski definition) is 5. The van der Waals surface area contributed by atoms with Crippen LogP contribution in [0.25, 0.3) is 22.5 Å². The van der Waals surface area contributed by atoms with Gasteiger partial charge in [-0.3, -0.25) is 0 Å². The van der Waals surface area contributed by atoms with Crippen LogP contribution in [0, 0.1) is 0 Å². The fourth-order valence-corrected chi connectivity index (χ4v) is 3.02. The van der Waals surface area contributed by atoms with Crippen LogP contribution in [0.1, 0.15) is 11.4 Å². The third-order valence-electron chi connectivity index (χ3n) is 4.45. The second kappa shape index (κ2) is 6.55. The fraction of sp³-hybridized carbons (Fsp3) is 0.200. The zero-order valence-electron chi connectivity index (χ0n) is 14.9. The second-order valence-electron chi connectivity index (χ2n) is 6.00. The number of fused-ring (bicyclic) bond motifs is 1. The fourth-order valence-electron chi connectivity index (χ4n) is 3.02. The van der Waals surface area contributed by atoms with Crippen molar-refractivity contribution in [2.24, 2.45) is 7.05 Å². The molecule has 0 fully saturated rings. The van der Waals surface area contributed by atoms with Gasteiger partial charge in [0.15, 0.2) is 17.1 Å². The lowest BCUT2D eigenvalue weighted by Gasteiger charge is -2.09. The molecule has 0 aliphatic rings. The Morgan fingerprint density at radius 1 is 1.08 bits per heavy atom. The number of benzene rings is 1. The molecule has 0 amide bonds. The van der Waals surface area contributed by atoms with Gasteiger partial charge >= 0.3 is 0 Å². The molecule has 0 saturated carbocycles. The lowest BCUT2D eigenvalue weighted by Crippen LogP contribution is -2.00. The van der Waals surface area contributed by atoms with Gasteiger partial charge < -0.3 is 18.5 Å². The Kier molecular flexibility index (Phi) is 4.08. The van der Waals surface area contributed by atoms with E-state index in [0.717, 1.165) is 33.9 Å². The summed E-state index contributed by atoms with van der Waals surface area (Å²) in [4.78, 5) is 9.16. The normalized spacial score (nSPS) is 11.0. The van der Waals surface area contributed by atoms with Gasteiger partial charge in [-0.15, -0.1) is 0 Å². The molecular formula is C20H19N3O3. The summed E-state index contributed by atoms with van der Waals surface area (Å²) >= 11 is 0. The van der Waals surface area contributed by atoms with E-state index in [1.165, 1.54) is 0 Å². The Morgan fingerprint density at radius 3 is 2.65 bits per heavy atom. The second-order valence-corrected chi connectivity index (χ2v) is 6.00. The van der Waals surface area contributed by atoms with Gasteiger partial charge in [-0.05, 0) is 35.9 Å². The van der Waals surface area contributed by atoms with E-state index in [0.29, 0.717) is 17.9 Å². The van der Waals surface area contributed by atoms with Gasteiger partial charge in [0.2, 0.25) is 0 Å². The molecule has 4 rings (SSSR count). The van der Waals surface area contributed by atoms with E-state index >= 15 is 0 Å². The monoisotopic (exact) mass is 349 g/mol. The number of rotatable bonds is 5. The van der Waals surface area contributed by atoms with E-state index in [1.807, 2.05) is 43.4 Å². The van der Waals surface area contributed by atoms with Crippen LogP contribution in [0.15, 0.2) is 53.3 Å². The molecule has 4 aromatic rings. The third-order valence-corrected chi connectivity index (χ3v) is 4.45. The minimum atomic E-state index is 0.670. The number of hydrogen-bond donors (Lipinski definition) is 0. The van der Waals surface area contributed by atoms with Gasteiger partial charge in [0.05, 0.1) is 26.0 Å². The lowest BCUT2D eigenvalue weighted by molar-refractivity contribution is 0.354. The van der Waals surface area contributed by atoms with Gasteiger partial charge in [-0.2, -0.15) is 0 Å². The maximum Gasteiger partial charge on any atom is 0.177 e. The van der Waals surface area contributed by atoms with E-state index in [4.69, 9.17) is 13.9 Å². The van der Waals surface area contributed by atoms with Crippen LogP contribution >= 0.6 is 0 Å². The van der Waals surface area contributed by atoms with Crippen molar-refractivity contribution in [2.45, 2.75) is 6.42 Å². The zero-order valence-corrected chi connectivity index (χ0v) is 14.9. The van der Waals surface area contributed by atoms with Crippen LogP contribution in [0.4, 0.5) is 0 Å². The predicted molar refractivity (Wildman–Crippen MR) is 98.6 cm³/mol. The number of nitrogens with zero attached hydrogens (tertiary/aromatic N) is 3. The molecule has 0 aliphatic carbocycles. The van der Waals surface area contributed by atoms with Gasteiger partial charge in [-0.25, -0.2) is 9.97 Å². The molecule has 132 valence electrons. The number of imidazole rings is 1. The standard InChI is InChI=1S/C20H19N3O3/c1-23-15-11-14(16-5-4-8-26-16)12-21-20(15)22-19(23)10-13-6-7-17(24-2)18(9-13)25-3/h4-9,11-12H,10H2,1-3H3. The third kappa shape index (κ3) is 2.79. The van der Waals surface area contributed by atoms with Crippen molar-refractivity contribution < 1.29 is 13.9 Å². The van der Waals surface area contributed by atoms with E-state index in [1.54, 1.807) is 26.7 Å². The number of aromatic nitrogens is 3. The largest absolute Gasteiger partial charge is 0.493 e. The number of pyridine rings is 1. The summed E-state index contributed by atoms with van der Waals surface area (Å²) in [5.41, 5.74) is 3.71. The summed E-state index contributed by atoms with van der Waals surface area (Å²) in [6.07, 6.45) is 4.11. The molecule has 0 N–H and O–H groups in total. The maximum atomic E-state index is 5.46. The van der Waals surface area contributed by atoms with Crippen molar-refractivity contribution in [1.82, 2.24) is 14.5 Å². The molecule has 0 unspecified atom stereocenters. The van der Waals surface area contributed by atoms with Crippen LogP contribution in [0.5, 0.6) is 11.5 Å². The van der Waals surface area contributed by atoms with E-state index in [2.05, 4.69) is 14.5 Å². The van der Waals surface area contributed by atoms with Crippen LogP contribution in [0.2, 0.25) is 0 Å². The summed E-state index contributed by atoms with van der Waals surface area (Å²) in [6, 6.07) is 11.7. The highest BCUT2D eigenvalue weighted by Gasteiger charge is 2.13. The maximum absolute atomic E-state index is 5.46. The minimum Gasteiger partial charge on any atom is -0.493 e. The van der Waals surface area contributed by atoms with Crippen molar-refractivity contribution in [1.29, 1.82) is 0 Å². The van der Waals surface area contributed by atoms with Crippen LogP contribution < -0.4 is 9.47 Å². The summed E-state index contributed by atoms with van der Waals surface area (Å²) in [7, 11) is 5.26. The highest BCUT2D eigenvalue weighted by molar-refractivity contribution is 5.77. The van der Waals surface area contributed by atoms with Crippen LogP contribution in [-0.2, 0) is 13.5 Å². The first kappa shape index (κ1) is 16.2. The number of aryl methyl sites for hydroxylation is 1. The molecule has 6 heteroatoms. The summed E-state index contributed by atoms with van der Waals surface area (Å²) in [6.45, 7) is 0. The predicted octanol–water partition coefficient (Wildman–Crippen LogP) is 3.84. The van der Waals surface area contributed by atoms with Gasteiger partial charge in [0.1, 0.15) is 11.6 Å². The van der Waals surface area contributed by atoms with E-state index < -0.39 is 0 Å². The molecule has 3 aromatic heterocycles. The molecule has 3 heterocycles. The molecule has 0 aliphatic heterocycles. The Labute approximate surface area is 151 Å². The molecule has 26 heavy (non-hydrogen) atoms. The summed E-state index contributed by atoms with van der Waals surface area (Å²) in [5, 5.41) is 0. The first-order valence-corrected chi connectivity index (χ1v) is 8.25. The molecule has 0 saturated heterocycles. The quantitative estimate of drug-likeness (QED) is 0.548. The molecule has 0 bridgehead atoms. The lowest BCUT2D eigenvalue weighted by atomic mass is 10.1. The molecule has 0 spiro atoms. The molecule has 0 atom stereocenters. The van der Waals surface area contributed by atoms with Gasteiger partial charge in [0, 0.05) is 25.2 Å². The van der Waals surface area contributed by atoms with Crippen molar-refractivity contribution >= 4 is 11.2 Å². The number of ether oxygens (including phenoxy) is 2. The highest BCUT2D eigenvalue weighted by Crippen LogP contribution is 2.29. The SMILES string of the molecule is COc1ccc(Cc2nc3ncc(-c4ccco4)cc3n2C)cc1OC. The molecule has 0 radical (unpaired) electrons. The van der Waals surface area contributed by atoms with Crippen LogP contribution in [0.3, 0.4) is 0 Å². The Hall–Kier alpha value is -3.28. The Balaban J connectivity index is 1.70.